The molecule has 0 unspecified atom stereocenters. The number of nitrogens with zero attached hydrogens (tertiary/aromatic N) is 2. The van der Waals surface area contributed by atoms with E-state index in [0.29, 0.717) is 24.7 Å². The Labute approximate surface area is 162 Å². The fourth-order valence-corrected chi connectivity index (χ4v) is 2.82. The molecule has 3 rings (SSSR count). The van der Waals surface area contributed by atoms with E-state index in [9.17, 15) is 14.9 Å². The number of anilines is 2. The van der Waals surface area contributed by atoms with Crippen molar-refractivity contribution in [3.05, 3.63) is 52.6 Å². The van der Waals surface area contributed by atoms with E-state index in [-0.39, 0.29) is 24.0 Å². The summed E-state index contributed by atoms with van der Waals surface area (Å²) in [5.74, 6) is 0.0401. The molecule has 28 heavy (non-hydrogen) atoms. The van der Waals surface area contributed by atoms with E-state index in [2.05, 4.69) is 10.2 Å². The van der Waals surface area contributed by atoms with Gasteiger partial charge in [-0.15, -0.1) is 0 Å². The van der Waals surface area contributed by atoms with Crippen molar-refractivity contribution in [2.75, 3.05) is 50.2 Å². The zero-order valence-electron chi connectivity index (χ0n) is 15.4. The number of hydrogen-bond donors (Lipinski definition) is 1. The first kappa shape index (κ1) is 19.4. The molecule has 0 spiro atoms. The Hall–Kier alpha value is -3.33. The van der Waals surface area contributed by atoms with Gasteiger partial charge in [0.25, 0.3) is 5.91 Å². The number of amides is 1. The number of ether oxygens (including phenoxy) is 3. The van der Waals surface area contributed by atoms with Crippen LogP contribution in [-0.4, -0.2) is 50.9 Å². The highest BCUT2D eigenvalue weighted by atomic mass is 16.6. The van der Waals surface area contributed by atoms with Crippen molar-refractivity contribution in [1.29, 1.82) is 0 Å². The summed E-state index contributed by atoms with van der Waals surface area (Å²) in [6, 6.07) is 11.6. The number of rotatable bonds is 7. The van der Waals surface area contributed by atoms with E-state index in [1.807, 2.05) is 24.3 Å². The minimum atomic E-state index is -0.546. The topological polar surface area (TPSA) is 103 Å². The maximum Gasteiger partial charge on any atom is 0.311 e. The van der Waals surface area contributed by atoms with Crippen LogP contribution in [-0.2, 0) is 9.53 Å². The summed E-state index contributed by atoms with van der Waals surface area (Å²) in [6.45, 7) is 2.88. The third-order valence-electron chi connectivity index (χ3n) is 4.25. The van der Waals surface area contributed by atoms with Crippen LogP contribution in [0.4, 0.5) is 17.1 Å². The van der Waals surface area contributed by atoms with Crippen LogP contribution in [0.2, 0.25) is 0 Å². The average molecular weight is 387 g/mol. The molecule has 1 N–H and O–H groups in total. The average Bonchev–Trinajstić information content (AvgIpc) is 2.73. The third kappa shape index (κ3) is 4.89. The lowest BCUT2D eigenvalue weighted by Gasteiger charge is -2.28. The highest BCUT2D eigenvalue weighted by Gasteiger charge is 2.16. The van der Waals surface area contributed by atoms with Crippen molar-refractivity contribution in [2.45, 2.75) is 0 Å². The molecule has 0 radical (unpaired) electrons. The quantitative estimate of drug-likeness (QED) is 0.575. The summed E-state index contributed by atoms with van der Waals surface area (Å²) in [7, 11) is 1.33. The van der Waals surface area contributed by atoms with E-state index in [4.69, 9.17) is 14.2 Å². The fourth-order valence-electron chi connectivity index (χ4n) is 2.82. The number of nitro benzene ring substituents is 1. The summed E-state index contributed by atoms with van der Waals surface area (Å²) in [4.78, 5) is 24.7. The minimum Gasteiger partial charge on any atom is -0.490 e. The van der Waals surface area contributed by atoms with Crippen LogP contribution in [0.1, 0.15) is 0 Å². The van der Waals surface area contributed by atoms with Gasteiger partial charge >= 0.3 is 5.69 Å². The predicted octanol–water partition coefficient (Wildman–Crippen LogP) is 2.46. The second-order valence-electron chi connectivity index (χ2n) is 6.07. The monoisotopic (exact) mass is 387 g/mol. The first-order chi connectivity index (χ1) is 13.6. The summed E-state index contributed by atoms with van der Waals surface area (Å²) < 4.78 is 15.7. The number of morpholine rings is 1. The number of carbonyl (C=O) groups excluding carboxylic acids is 1. The molecule has 0 bridgehead atoms. The molecule has 1 saturated heterocycles. The first-order valence-electron chi connectivity index (χ1n) is 8.74. The Morgan fingerprint density at radius 2 is 1.93 bits per heavy atom. The zero-order chi connectivity index (χ0) is 19.9. The van der Waals surface area contributed by atoms with Crippen molar-refractivity contribution >= 4 is 23.0 Å². The molecular formula is C19H21N3O6. The van der Waals surface area contributed by atoms with Crippen molar-refractivity contribution < 1.29 is 23.9 Å². The standard InChI is InChI=1S/C19H21N3O6/c1-26-18-12-16(6-7-17(18)22(24)25)28-13-19(23)20-14-2-4-15(5-3-14)21-8-10-27-11-9-21/h2-7,12H,8-11,13H2,1H3,(H,20,23). The molecule has 0 atom stereocenters. The molecule has 1 amide bonds. The van der Waals surface area contributed by atoms with Crippen molar-refractivity contribution in [3.8, 4) is 11.5 Å². The van der Waals surface area contributed by atoms with Crippen molar-refractivity contribution in [2.24, 2.45) is 0 Å². The molecule has 2 aromatic carbocycles. The van der Waals surface area contributed by atoms with Gasteiger partial charge in [-0.3, -0.25) is 14.9 Å². The van der Waals surface area contributed by atoms with Crippen LogP contribution in [0.5, 0.6) is 11.5 Å². The lowest BCUT2D eigenvalue weighted by Crippen LogP contribution is -2.36. The van der Waals surface area contributed by atoms with E-state index >= 15 is 0 Å². The van der Waals surface area contributed by atoms with Gasteiger partial charge in [0.05, 0.1) is 25.2 Å². The normalized spacial score (nSPS) is 13.7. The fraction of sp³-hybridized carbons (Fsp3) is 0.316. The molecular weight excluding hydrogens is 366 g/mol. The molecule has 9 nitrogen and oxygen atoms in total. The van der Waals surface area contributed by atoms with Gasteiger partial charge in [0.1, 0.15) is 5.75 Å². The van der Waals surface area contributed by atoms with Crippen LogP contribution in [0.3, 0.4) is 0 Å². The number of methoxy groups -OCH3 is 1. The molecule has 9 heteroatoms. The number of hydrogen-bond acceptors (Lipinski definition) is 7. The van der Waals surface area contributed by atoms with Crippen LogP contribution >= 0.6 is 0 Å². The lowest BCUT2D eigenvalue weighted by molar-refractivity contribution is -0.385. The molecule has 2 aromatic rings. The van der Waals surface area contributed by atoms with Gasteiger partial charge in [0.2, 0.25) is 5.75 Å². The number of carbonyl (C=O) groups is 1. The minimum absolute atomic E-state index is 0.0709. The maximum atomic E-state index is 12.1. The predicted molar refractivity (Wildman–Crippen MR) is 103 cm³/mol. The van der Waals surface area contributed by atoms with Crippen molar-refractivity contribution in [3.63, 3.8) is 0 Å². The van der Waals surface area contributed by atoms with Crippen LogP contribution in [0, 0.1) is 10.1 Å². The number of benzene rings is 2. The highest BCUT2D eigenvalue weighted by molar-refractivity contribution is 5.92. The summed E-state index contributed by atoms with van der Waals surface area (Å²) in [6.07, 6.45) is 0. The van der Waals surface area contributed by atoms with Gasteiger partial charge in [-0.05, 0) is 30.3 Å². The van der Waals surface area contributed by atoms with Gasteiger partial charge in [-0.1, -0.05) is 0 Å². The molecule has 1 aliphatic heterocycles. The summed E-state index contributed by atoms with van der Waals surface area (Å²) in [5.41, 5.74) is 1.57. The second kappa shape index (κ2) is 9.05. The molecule has 1 aliphatic rings. The Morgan fingerprint density at radius 1 is 1.21 bits per heavy atom. The second-order valence-corrected chi connectivity index (χ2v) is 6.07. The molecule has 1 heterocycles. The van der Waals surface area contributed by atoms with E-state index in [0.717, 1.165) is 18.8 Å². The summed E-state index contributed by atoms with van der Waals surface area (Å²) >= 11 is 0. The molecule has 148 valence electrons. The highest BCUT2D eigenvalue weighted by Crippen LogP contribution is 2.30. The Balaban J connectivity index is 1.53. The van der Waals surface area contributed by atoms with Crippen LogP contribution < -0.4 is 19.7 Å². The Kier molecular flexibility index (Phi) is 6.28. The van der Waals surface area contributed by atoms with Gasteiger partial charge in [-0.25, -0.2) is 0 Å². The van der Waals surface area contributed by atoms with E-state index in [1.54, 1.807) is 0 Å². The smallest absolute Gasteiger partial charge is 0.311 e. The molecule has 1 fully saturated rings. The number of nitro groups is 1. The van der Waals surface area contributed by atoms with Crippen LogP contribution in [0.15, 0.2) is 42.5 Å². The number of nitrogens with one attached hydrogen (secondary N) is 1. The van der Waals surface area contributed by atoms with Gasteiger partial charge in [-0.2, -0.15) is 0 Å². The third-order valence-corrected chi connectivity index (χ3v) is 4.25. The van der Waals surface area contributed by atoms with E-state index in [1.165, 1.54) is 25.3 Å². The van der Waals surface area contributed by atoms with Crippen LogP contribution in [0.25, 0.3) is 0 Å². The van der Waals surface area contributed by atoms with Crippen molar-refractivity contribution in [1.82, 2.24) is 0 Å². The van der Waals surface area contributed by atoms with Gasteiger partial charge < -0.3 is 24.4 Å². The first-order valence-corrected chi connectivity index (χ1v) is 8.74. The lowest BCUT2D eigenvalue weighted by atomic mass is 10.2. The molecule has 0 aromatic heterocycles. The Morgan fingerprint density at radius 3 is 2.57 bits per heavy atom. The molecule has 0 aliphatic carbocycles. The SMILES string of the molecule is COc1cc(OCC(=O)Nc2ccc(N3CCOCC3)cc2)ccc1[N+](=O)[O-]. The largest absolute Gasteiger partial charge is 0.490 e. The maximum absolute atomic E-state index is 12.1. The van der Waals surface area contributed by atoms with Gasteiger partial charge in [0, 0.05) is 36.6 Å². The van der Waals surface area contributed by atoms with E-state index < -0.39 is 4.92 Å². The Bertz CT molecular complexity index is 834. The zero-order valence-corrected chi connectivity index (χ0v) is 15.4. The summed E-state index contributed by atoms with van der Waals surface area (Å²) in [5, 5.41) is 13.7. The van der Waals surface area contributed by atoms with Gasteiger partial charge in [0.15, 0.2) is 6.61 Å². The molecule has 0 saturated carbocycles.